The Bertz CT molecular complexity index is 895. The third-order valence-electron chi connectivity index (χ3n) is 6.47. The highest BCUT2D eigenvalue weighted by Crippen LogP contribution is 2.34. The molecule has 2 aliphatic heterocycles. The topological polar surface area (TPSA) is 92.9 Å². The lowest BCUT2D eigenvalue weighted by atomic mass is 9.86. The molecule has 0 spiro atoms. The first kappa shape index (κ1) is 24.0. The summed E-state index contributed by atoms with van der Waals surface area (Å²) in [5, 5.41) is 0. The lowest BCUT2D eigenvalue weighted by Gasteiger charge is -2.41. The summed E-state index contributed by atoms with van der Waals surface area (Å²) in [7, 11) is -3.19. The number of carbonyl (C=O) groups excluding carboxylic acids is 1. The number of hydrogen-bond acceptors (Lipinski definition) is 5. The number of carbonyl (C=O) groups is 1. The minimum atomic E-state index is -3.19. The Kier molecular flexibility index (Phi) is 7.33. The largest absolute Gasteiger partial charge is 0.483 e. The van der Waals surface area contributed by atoms with Crippen LogP contribution in [-0.4, -0.2) is 62.1 Å². The van der Waals surface area contributed by atoms with Crippen molar-refractivity contribution in [2.75, 3.05) is 32.5 Å². The Morgan fingerprint density at radius 2 is 1.94 bits per heavy atom. The van der Waals surface area contributed by atoms with Crippen LogP contribution in [0.2, 0.25) is 0 Å². The molecule has 2 N–H and O–H groups in total. The van der Waals surface area contributed by atoms with E-state index < -0.39 is 15.9 Å². The maximum absolute atomic E-state index is 12.3. The molecule has 0 bridgehead atoms. The van der Waals surface area contributed by atoms with Crippen LogP contribution in [0, 0.1) is 5.92 Å². The molecule has 31 heavy (non-hydrogen) atoms. The third kappa shape index (κ3) is 6.20. The van der Waals surface area contributed by atoms with E-state index in [-0.39, 0.29) is 18.1 Å². The van der Waals surface area contributed by atoms with E-state index in [2.05, 4.69) is 37.8 Å². The number of nitrogens with zero attached hydrogens (tertiary/aromatic N) is 2. The molecule has 0 unspecified atom stereocenters. The standard InChI is InChI=1S/C23H37N3O4S/c1-23(2,3)19-9-8-18(21(13-19)30-16-22(24)27)15-25-12-10-20-17(14-25)7-5-6-11-26(20)31(4,28)29/h8-9,13,17,20H,5-7,10-12,14-16H2,1-4H3,(H2,24,27)/t17-,20+/m0/s1. The molecule has 1 amide bonds. The smallest absolute Gasteiger partial charge is 0.255 e. The van der Waals surface area contributed by atoms with Gasteiger partial charge >= 0.3 is 0 Å². The molecular formula is C23H37N3O4S. The van der Waals surface area contributed by atoms with Gasteiger partial charge in [-0.2, -0.15) is 4.31 Å². The van der Waals surface area contributed by atoms with Gasteiger partial charge in [-0.15, -0.1) is 0 Å². The number of amides is 1. The van der Waals surface area contributed by atoms with Crippen LogP contribution >= 0.6 is 0 Å². The lowest BCUT2D eigenvalue weighted by Crippen LogP contribution is -2.51. The molecule has 2 aliphatic rings. The molecule has 0 saturated carbocycles. The second kappa shape index (κ2) is 9.46. The number of piperidine rings is 1. The van der Waals surface area contributed by atoms with Crippen LogP contribution in [0.3, 0.4) is 0 Å². The number of sulfonamides is 1. The Morgan fingerprint density at radius 3 is 2.58 bits per heavy atom. The van der Waals surface area contributed by atoms with Gasteiger partial charge in [-0.1, -0.05) is 39.3 Å². The van der Waals surface area contributed by atoms with Gasteiger partial charge in [0.2, 0.25) is 10.0 Å². The number of ether oxygens (including phenoxy) is 1. The summed E-state index contributed by atoms with van der Waals surface area (Å²) in [6, 6.07) is 6.32. The van der Waals surface area contributed by atoms with E-state index in [1.54, 1.807) is 4.31 Å². The van der Waals surface area contributed by atoms with Crippen molar-refractivity contribution in [3.05, 3.63) is 29.3 Å². The van der Waals surface area contributed by atoms with Crippen molar-refractivity contribution >= 4 is 15.9 Å². The van der Waals surface area contributed by atoms with Crippen LogP contribution in [0.4, 0.5) is 0 Å². The number of benzene rings is 1. The fourth-order valence-corrected chi connectivity index (χ4v) is 6.06. The van der Waals surface area contributed by atoms with Crippen molar-refractivity contribution < 1.29 is 17.9 Å². The summed E-state index contributed by atoms with van der Waals surface area (Å²) in [6.07, 6.45) is 5.23. The lowest BCUT2D eigenvalue weighted by molar-refractivity contribution is -0.119. The quantitative estimate of drug-likeness (QED) is 0.717. The summed E-state index contributed by atoms with van der Waals surface area (Å²) in [4.78, 5) is 13.7. The maximum atomic E-state index is 12.3. The van der Waals surface area contributed by atoms with Crippen molar-refractivity contribution in [2.24, 2.45) is 11.7 Å². The van der Waals surface area contributed by atoms with Crippen molar-refractivity contribution in [1.29, 1.82) is 0 Å². The van der Waals surface area contributed by atoms with Crippen LogP contribution in [-0.2, 0) is 26.8 Å². The molecule has 0 aromatic heterocycles. The first-order valence-electron chi connectivity index (χ1n) is 11.2. The zero-order valence-electron chi connectivity index (χ0n) is 19.3. The zero-order valence-corrected chi connectivity index (χ0v) is 20.1. The molecule has 0 aliphatic carbocycles. The molecule has 0 radical (unpaired) electrons. The van der Waals surface area contributed by atoms with Crippen molar-refractivity contribution in [2.45, 2.75) is 64.5 Å². The zero-order chi connectivity index (χ0) is 22.8. The van der Waals surface area contributed by atoms with Crippen molar-refractivity contribution in [3.8, 4) is 5.75 Å². The Morgan fingerprint density at radius 1 is 1.19 bits per heavy atom. The van der Waals surface area contributed by atoms with Gasteiger partial charge in [-0.3, -0.25) is 9.69 Å². The second-order valence-corrected chi connectivity index (χ2v) is 12.0. The van der Waals surface area contributed by atoms with Gasteiger partial charge in [0.05, 0.1) is 6.26 Å². The predicted octanol–water partition coefficient (Wildman–Crippen LogP) is 2.48. The monoisotopic (exact) mass is 451 g/mol. The Hall–Kier alpha value is -1.64. The maximum Gasteiger partial charge on any atom is 0.255 e. The van der Waals surface area contributed by atoms with Crippen LogP contribution < -0.4 is 10.5 Å². The molecule has 8 heteroatoms. The van der Waals surface area contributed by atoms with Crippen LogP contribution in [0.5, 0.6) is 5.75 Å². The first-order valence-corrected chi connectivity index (χ1v) is 13.0. The van der Waals surface area contributed by atoms with Gasteiger partial charge in [0.15, 0.2) is 6.61 Å². The first-order chi connectivity index (χ1) is 14.4. The highest BCUT2D eigenvalue weighted by Gasteiger charge is 2.38. The van der Waals surface area contributed by atoms with Gasteiger partial charge < -0.3 is 10.5 Å². The highest BCUT2D eigenvalue weighted by molar-refractivity contribution is 7.88. The summed E-state index contributed by atoms with van der Waals surface area (Å²) < 4.78 is 32.1. The fourth-order valence-electron chi connectivity index (χ4n) is 4.83. The predicted molar refractivity (Wildman–Crippen MR) is 122 cm³/mol. The molecule has 1 aromatic rings. The summed E-state index contributed by atoms with van der Waals surface area (Å²) in [5.74, 6) is 0.550. The number of rotatable bonds is 6. The minimum absolute atomic E-state index is 0.0306. The highest BCUT2D eigenvalue weighted by atomic mass is 32.2. The summed E-state index contributed by atoms with van der Waals surface area (Å²) in [6.45, 7) is 9.34. The van der Waals surface area contributed by atoms with Crippen LogP contribution in [0.1, 0.15) is 57.6 Å². The van der Waals surface area contributed by atoms with E-state index >= 15 is 0 Å². The van der Waals surface area contributed by atoms with Gasteiger partial charge in [0, 0.05) is 37.8 Å². The van der Waals surface area contributed by atoms with E-state index in [1.165, 1.54) is 6.26 Å². The van der Waals surface area contributed by atoms with Gasteiger partial charge in [-0.05, 0) is 42.2 Å². The number of primary amides is 1. The molecule has 1 aromatic carbocycles. The molecule has 174 valence electrons. The van der Waals surface area contributed by atoms with E-state index in [0.717, 1.165) is 49.9 Å². The number of fused-ring (bicyclic) bond motifs is 1. The molecule has 2 heterocycles. The molecule has 7 nitrogen and oxygen atoms in total. The Balaban J connectivity index is 1.77. The number of nitrogens with two attached hydrogens (primary N) is 1. The van der Waals surface area contributed by atoms with Crippen molar-refractivity contribution in [3.63, 3.8) is 0 Å². The summed E-state index contributed by atoms with van der Waals surface area (Å²) in [5.41, 5.74) is 7.45. The second-order valence-electron chi connectivity index (χ2n) is 10.0. The van der Waals surface area contributed by atoms with E-state index in [9.17, 15) is 13.2 Å². The normalized spacial score (nSPS) is 23.7. The fraction of sp³-hybridized carbons (Fsp3) is 0.696. The SMILES string of the molecule is CC(C)(C)c1ccc(CN2CC[C@@H]3[C@@H](CCCCN3S(C)(=O)=O)C2)c(OCC(N)=O)c1. The molecule has 2 saturated heterocycles. The van der Waals surface area contributed by atoms with Crippen LogP contribution in [0.25, 0.3) is 0 Å². The average Bonchev–Trinajstić information content (AvgIpc) is 2.88. The molecule has 3 rings (SSSR count). The number of hydrogen-bond donors (Lipinski definition) is 1. The average molecular weight is 452 g/mol. The van der Waals surface area contributed by atoms with Gasteiger partial charge in [0.25, 0.3) is 5.91 Å². The molecule has 2 atom stereocenters. The van der Waals surface area contributed by atoms with E-state index in [1.807, 2.05) is 6.07 Å². The van der Waals surface area contributed by atoms with E-state index in [4.69, 9.17) is 10.5 Å². The third-order valence-corrected chi connectivity index (χ3v) is 7.78. The number of likely N-dealkylation sites (tertiary alicyclic amines) is 1. The minimum Gasteiger partial charge on any atom is -0.483 e. The summed E-state index contributed by atoms with van der Waals surface area (Å²) >= 11 is 0. The van der Waals surface area contributed by atoms with Gasteiger partial charge in [0.1, 0.15) is 5.75 Å². The van der Waals surface area contributed by atoms with Crippen LogP contribution in [0.15, 0.2) is 18.2 Å². The Labute approximate surface area is 187 Å². The van der Waals surface area contributed by atoms with Crippen molar-refractivity contribution in [1.82, 2.24) is 9.21 Å². The van der Waals surface area contributed by atoms with E-state index in [0.29, 0.717) is 24.8 Å². The molecule has 2 fully saturated rings. The van der Waals surface area contributed by atoms with Gasteiger partial charge in [-0.25, -0.2) is 8.42 Å². The molecular weight excluding hydrogens is 414 g/mol.